The highest BCUT2D eigenvalue weighted by molar-refractivity contribution is 6.53. The summed E-state index contributed by atoms with van der Waals surface area (Å²) in [4.78, 5) is 66.0. The van der Waals surface area contributed by atoms with Gasteiger partial charge in [-0.3, -0.25) is 24.0 Å². The van der Waals surface area contributed by atoms with E-state index in [9.17, 15) is 44.4 Å². The maximum absolute atomic E-state index is 13.9. The molecule has 5 bridgehead atoms. The highest BCUT2D eigenvalue weighted by atomic mass is 16.7. The van der Waals surface area contributed by atoms with Crippen molar-refractivity contribution < 1.29 is 63.3 Å². The molecule has 0 saturated heterocycles. The number of rotatable bonds is 2. The number of aliphatic hydroxyl groups excluding tert-OH is 3. The SMILES string of the molecule is CO[C@H]1/C=C/O[C@@]2(C)Oc3c(C)c(O)c4c(c3C2=O)C(=O)C(=O)C(=C4O)NC(=O)/C(C)=C\C=C\[C@H](C)[C@H](O)[C@@H](C)[C@@H](O)[C@@H](C)[C@H](OC(C)=O)[C@@H]1C. The third-order valence-corrected chi connectivity index (χ3v) is 9.93. The Hall–Kier alpha value is -4.79. The molecule has 1 amide bonds. The molecule has 0 fully saturated rings. The van der Waals surface area contributed by atoms with E-state index in [1.54, 1.807) is 33.8 Å². The lowest BCUT2D eigenvalue weighted by Gasteiger charge is -2.38. The number of ketones is 3. The summed E-state index contributed by atoms with van der Waals surface area (Å²) in [5.74, 6) is -11.5. The van der Waals surface area contributed by atoms with Crippen LogP contribution in [0.25, 0.3) is 5.76 Å². The first-order valence-corrected chi connectivity index (χ1v) is 16.5. The number of aliphatic hydroxyl groups is 3. The van der Waals surface area contributed by atoms with Gasteiger partial charge in [0.1, 0.15) is 23.3 Å². The zero-order chi connectivity index (χ0) is 38.3. The second-order valence-electron chi connectivity index (χ2n) is 13.5. The molecule has 51 heavy (non-hydrogen) atoms. The van der Waals surface area contributed by atoms with Crippen molar-refractivity contribution in [3.63, 3.8) is 0 Å². The third kappa shape index (κ3) is 7.08. The topological polar surface area (TPSA) is 215 Å². The van der Waals surface area contributed by atoms with Crippen LogP contribution >= 0.6 is 0 Å². The molecule has 5 rings (SSSR count). The average Bonchev–Trinajstić information content (AvgIpc) is 3.35. The summed E-state index contributed by atoms with van der Waals surface area (Å²) >= 11 is 0. The van der Waals surface area contributed by atoms with Crippen LogP contribution in [-0.2, 0) is 28.6 Å². The number of carbonyl (C=O) groups excluding carboxylic acids is 5. The van der Waals surface area contributed by atoms with Crippen LogP contribution in [0.2, 0.25) is 0 Å². The van der Waals surface area contributed by atoms with Gasteiger partial charge in [0.2, 0.25) is 5.78 Å². The van der Waals surface area contributed by atoms with Crippen molar-refractivity contribution in [1.82, 2.24) is 5.32 Å². The van der Waals surface area contributed by atoms with Crippen molar-refractivity contribution in [2.75, 3.05) is 7.11 Å². The van der Waals surface area contributed by atoms with Crippen molar-refractivity contribution in [2.45, 2.75) is 85.6 Å². The van der Waals surface area contributed by atoms with Crippen LogP contribution in [-0.4, -0.2) is 87.0 Å². The van der Waals surface area contributed by atoms with Gasteiger partial charge in [0.25, 0.3) is 17.5 Å². The average molecular weight is 712 g/mol. The molecule has 3 heterocycles. The number of fused-ring (bicyclic) bond motifs is 14. The number of hydrogen-bond donors (Lipinski definition) is 5. The van der Waals surface area contributed by atoms with Gasteiger partial charge in [0, 0.05) is 55.8 Å². The summed E-state index contributed by atoms with van der Waals surface area (Å²) in [5.41, 5.74) is -2.34. The molecular formula is C37H45NO13. The number of carbonyl (C=O) groups is 5. The summed E-state index contributed by atoms with van der Waals surface area (Å²) in [6.07, 6.45) is 3.05. The molecule has 9 atom stereocenters. The second kappa shape index (κ2) is 14.8. The molecular weight excluding hydrogens is 666 g/mol. The number of ether oxygens (including phenoxy) is 4. The molecule has 0 saturated carbocycles. The number of hydrogen-bond acceptors (Lipinski definition) is 13. The minimum Gasteiger partial charge on any atom is -0.507 e. The molecule has 0 radical (unpaired) electrons. The first-order chi connectivity index (χ1) is 23.8. The first-order valence-electron chi connectivity index (χ1n) is 16.5. The summed E-state index contributed by atoms with van der Waals surface area (Å²) in [6.45, 7) is 12.0. The van der Waals surface area contributed by atoms with Crippen molar-refractivity contribution in [1.29, 1.82) is 0 Å². The van der Waals surface area contributed by atoms with Crippen LogP contribution in [0, 0.1) is 30.6 Å². The number of phenols is 1. The Morgan fingerprint density at radius 2 is 1.55 bits per heavy atom. The minimum absolute atomic E-state index is 0.0419. The third-order valence-electron chi connectivity index (χ3n) is 9.93. The molecule has 5 N–H and O–H groups in total. The number of phenolic OH excluding ortho intramolecular Hbond substituents is 1. The highest BCUT2D eigenvalue weighted by Crippen LogP contribution is 2.49. The smallest absolute Gasteiger partial charge is 0.312 e. The monoisotopic (exact) mass is 711 g/mol. The largest absolute Gasteiger partial charge is 0.507 e. The lowest BCUT2D eigenvalue weighted by molar-refractivity contribution is -0.160. The van der Waals surface area contributed by atoms with Gasteiger partial charge in [0.15, 0.2) is 5.76 Å². The van der Waals surface area contributed by atoms with Gasteiger partial charge in [-0.15, -0.1) is 0 Å². The standard InChI is InChI=1S/C37H45NO13/c1-15-11-10-12-16(2)36(47)38-26-30(43)24-23(31(44)32(26)45)25-34(20(6)29(24)42)51-37(8,35(25)46)49-14-13-22(48-9)17(3)33(50-21(7)39)19(5)28(41)18(4)27(15)40/h10-15,17-19,22,27-28,33,40-43H,1-9H3,(H,38,47)/b11-10+,14-13+,16-12-/t15-,17+,18+,19+,22-,27-,28+,33+,37-/m0/s1. The molecule has 0 aromatic heterocycles. The number of Topliss-reactive ketones (excluding diaryl/α,β-unsaturated/α-hetero) is 3. The zero-order valence-corrected chi connectivity index (χ0v) is 30.0. The van der Waals surface area contributed by atoms with Gasteiger partial charge < -0.3 is 44.7 Å². The van der Waals surface area contributed by atoms with E-state index in [2.05, 4.69) is 5.32 Å². The van der Waals surface area contributed by atoms with Crippen molar-refractivity contribution in [3.8, 4) is 11.5 Å². The van der Waals surface area contributed by atoms with E-state index in [0.29, 0.717) is 0 Å². The van der Waals surface area contributed by atoms with E-state index in [1.807, 2.05) is 0 Å². The fourth-order valence-corrected chi connectivity index (χ4v) is 6.68. The maximum atomic E-state index is 13.9. The van der Waals surface area contributed by atoms with Crippen molar-refractivity contribution >= 4 is 35.0 Å². The van der Waals surface area contributed by atoms with Crippen LogP contribution in [0.1, 0.15) is 80.3 Å². The molecule has 0 unspecified atom stereocenters. The molecule has 1 aromatic rings. The van der Waals surface area contributed by atoms with Crippen LogP contribution < -0.4 is 10.1 Å². The number of methoxy groups -OCH3 is 1. The highest BCUT2D eigenvalue weighted by Gasteiger charge is 2.53. The fraction of sp³-hybridized carbons (Fsp3) is 0.486. The molecule has 0 spiro atoms. The van der Waals surface area contributed by atoms with E-state index in [0.717, 1.165) is 6.26 Å². The molecule has 3 aliphatic heterocycles. The van der Waals surface area contributed by atoms with Gasteiger partial charge in [-0.2, -0.15) is 0 Å². The summed E-state index contributed by atoms with van der Waals surface area (Å²) in [5, 5.41) is 47.1. The molecule has 4 aliphatic rings. The molecule has 14 nitrogen and oxygen atoms in total. The normalized spacial score (nSPS) is 34.2. The van der Waals surface area contributed by atoms with Gasteiger partial charge in [0.05, 0.1) is 41.3 Å². The Morgan fingerprint density at radius 3 is 2.16 bits per heavy atom. The molecule has 276 valence electrons. The Labute approximate surface area is 295 Å². The van der Waals surface area contributed by atoms with Gasteiger partial charge in [-0.05, 0) is 19.9 Å². The van der Waals surface area contributed by atoms with E-state index in [-0.39, 0.29) is 16.9 Å². The Morgan fingerprint density at radius 1 is 0.902 bits per heavy atom. The Bertz CT molecular complexity index is 1770. The summed E-state index contributed by atoms with van der Waals surface area (Å²) in [7, 11) is 1.40. The van der Waals surface area contributed by atoms with Crippen molar-refractivity contribution in [3.05, 3.63) is 64.1 Å². The number of aromatic hydroxyl groups is 1. The second-order valence-corrected chi connectivity index (χ2v) is 13.5. The van der Waals surface area contributed by atoms with E-state index >= 15 is 0 Å². The quantitative estimate of drug-likeness (QED) is 0.220. The lowest BCUT2D eigenvalue weighted by Crippen LogP contribution is -2.46. The predicted molar refractivity (Wildman–Crippen MR) is 181 cm³/mol. The van der Waals surface area contributed by atoms with Crippen LogP contribution in [0.4, 0.5) is 0 Å². The Balaban J connectivity index is 1.88. The predicted octanol–water partition coefficient (Wildman–Crippen LogP) is 3.36. The number of benzene rings is 1. The number of amides is 1. The van der Waals surface area contributed by atoms with Gasteiger partial charge >= 0.3 is 11.8 Å². The first kappa shape index (κ1) is 39.0. The zero-order valence-electron chi connectivity index (χ0n) is 30.0. The summed E-state index contributed by atoms with van der Waals surface area (Å²) in [6, 6.07) is 0. The molecule has 14 heteroatoms. The maximum Gasteiger partial charge on any atom is 0.312 e. The van der Waals surface area contributed by atoms with Crippen molar-refractivity contribution in [2.24, 2.45) is 23.7 Å². The van der Waals surface area contributed by atoms with Crippen LogP contribution in [0.3, 0.4) is 0 Å². The fourth-order valence-electron chi connectivity index (χ4n) is 6.68. The molecule has 1 aromatic carbocycles. The minimum atomic E-state index is -2.12. The Kier molecular flexibility index (Phi) is 11.3. The van der Waals surface area contributed by atoms with Crippen LogP contribution in [0.15, 0.2) is 41.8 Å². The number of allylic oxidation sites excluding steroid dienone is 3. The van der Waals surface area contributed by atoms with Crippen LogP contribution in [0.5, 0.6) is 11.5 Å². The number of nitrogens with one attached hydrogen (secondary N) is 1. The molecule has 1 aliphatic carbocycles. The summed E-state index contributed by atoms with van der Waals surface area (Å²) < 4.78 is 23.0. The number of esters is 1. The van der Waals surface area contributed by atoms with Gasteiger partial charge in [-0.1, -0.05) is 45.9 Å². The van der Waals surface area contributed by atoms with E-state index in [1.165, 1.54) is 53.0 Å². The van der Waals surface area contributed by atoms with Gasteiger partial charge in [-0.25, -0.2) is 0 Å². The van der Waals surface area contributed by atoms with E-state index in [4.69, 9.17) is 18.9 Å². The van der Waals surface area contributed by atoms with E-state index < -0.39 is 117 Å². The lowest BCUT2D eigenvalue weighted by atomic mass is 9.78.